The van der Waals surface area contributed by atoms with Gasteiger partial charge in [-0.15, -0.1) is 0 Å². The third-order valence-corrected chi connectivity index (χ3v) is 5.96. The molecule has 1 aliphatic rings. The van der Waals surface area contributed by atoms with E-state index in [2.05, 4.69) is 5.10 Å². The number of aromatic nitrogens is 2. The van der Waals surface area contributed by atoms with Crippen molar-refractivity contribution in [3.05, 3.63) is 48.3 Å². The van der Waals surface area contributed by atoms with Crippen molar-refractivity contribution in [1.82, 2.24) is 14.7 Å². The first kappa shape index (κ1) is 15.7. The molecule has 2 heterocycles. The summed E-state index contributed by atoms with van der Waals surface area (Å²) < 4.78 is 24.8. The molecule has 1 aliphatic heterocycles. The summed E-state index contributed by atoms with van der Waals surface area (Å²) in [5.74, 6) is 0.195. The smallest absolute Gasteiger partial charge is 0.227 e. The van der Waals surface area contributed by atoms with E-state index < -0.39 is 9.84 Å². The normalized spacial score (nSPS) is 19.6. The molecule has 0 saturated carbocycles. The van der Waals surface area contributed by atoms with Crippen molar-refractivity contribution >= 4 is 15.7 Å². The van der Waals surface area contributed by atoms with Crippen LogP contribution < -0.4 is 0 Å². The average molecular weight is 333 g/mol. The molecule has 1 atom stereocenters. The van der Waals surface area contributed by atoms with Gasteiger partial charge in [-0.05, 0) is 30.2 Å². The number of amides is 1. The monoisotopic (exact) mass is 333 g/mol. The third kappa shape index (κ3) is 3.61. The Labute approximate surface area is 135 Å². The van der Waals surface area contributed by atoms with Gasteiger partial charge in [-0.1, -0.05) is 12.1 Å². The van der Waals surface area contributed by atoms with Crippen LogP contribution in [0.2, 0.25) is 0 Å². The van der Waals surface area contributed by atoms with Crippen LogP contribution in [0.3, 0.4) is 0 Å². The highest BCUT2D eigenvalue weighted by atomic mass is 32.2. The molecule has 0 aliphatic carbocycles. The molecular formula is C16H19N3O3S. The lowest BCUT2D eigenvalue weighted by atomic mass is 10.1. The number of hydrogen-bond acceptors (Lipinski definition) is 4. The zero-order valence-corrected chi connectivity index (χ0v) is 13.7. The summed E-state index contributed by atoms with van der Waals surface area (Å²) in [5, 5.41) is 4.16. The third-order valence-electron chi connectivity index (χ3n) is 4.21. The van der Waals surface area contributed by atoms with Crippen molar-refractivity contribution in [1.29, 1.82) is 0 Å². The zero-order valence-electron chi connectivity index (χ0n) is 12.9. The molecule has 3 rings (SSSR count). The maximum absolute atomic E-state index is 12.3. The van der Waals surface area contributed by atoms with Crippen molar-refractivity contribution in [2.75, 3.05) is 18.6 Å². The molecule has 0 radical (unpaired) electrons. The minimum atomic E-state index is -2.98. The number of benzene rings is 1. The lowest BCUT2D eigenvalue weighted by Crippen LogP contribution is -2.38. The molecule has 23 heavy (non-hydrogen) atoms. The van der Waals surface area contributed by atoms with Gasteiger partial charge in [-0.2, -0.15) is 5.10 Å². The van der Waals surface area contributed by atoms with E-state index >= 15 is 0 Å². The van der Waals surface area contributed by atoms with E-state index in [1.165, 1.54) is 0 Å². The SMILES string of the molecule is CN(C(=O)Cc1ccc(-n2cccn2)cc1)[C@H]1CCS(=O)(=O)C1. The topological polar surface area (TPSA) is 72.3 Å². The number of sulfone groups is 1. The summed E-state index contributed by atoms with van der Waals surface area (Å²) in [5.41, 5.74) is 1.83. The van der Waals surface area contributed by atoms with Crippen LogP contribution in [0.4, 0.5) is 0 Å². The molecule has 0 bridgehead atoms. The second-order valence-electron chi connectivity index (χ2n) is 5.86. The van der Waals surface area contributed by atoms with Crippen LogP contribution in [-0.2, 0) is 21.1 Å². The summed E-state index contributed by atoms with van der Waals surface area (Å²) in [6.07, 6.45) is 4.37. The molecule has 122 valence electrons. The van der Waals surface area contributed by atoms with Crippen LogP contribution >= 0.6 is 0 Å². The molecule has 2 aromatic rings. The summed E-state index contributed by atoms with van der Waals surface area (Å²) in [4.78, 5) is 13.9. The lowest BCUT2D eigenvalue weighted by molar-refractivity contribution is -0.130. The van der Waals surface area contributed by atoms with Gasteiger partial charge in [0.05, 0.1) is 23.6 Å². The van der Waals surface area contributed by atoms with E-state index in [4.69, 9.17) is 0 Å². The Balaban J connectivity index is 1.64. The number of nitrogens with zero attached hydrogens (tertiary/aromatic N) is 3. The van der Waals surface area contributed by atoms with Crippen molar-refractivity contribution in [3.63, 3.8) is 0 Å². The zero-order chi connectivity index (χ0) is 16.4. The number of carbonyl (C=O) groups excluding carboxylic acids is 1. The van der Waals surface area contributed by atoms with Crippen LogP contribution in [0, 0.1) is 0 Å². The van der Waals surface area contributed by atoms with Gasteiger partial charge in [-0.25, -0.2) is 13.1 Å². The fourth-order valence-electron chi connectivity index (χ4n) is 2.77. The van der Waals surface area contributed by atoms with E-state index in [9.17, 15) is 13.2 Å². The van der Waals surface area contributed by atoms with E-state index in [1.54, 1.807) is 22.8 Å². The minimum Gasteiger partial charge on any atom is -0.341 e. The highest BCUT2D eigenvalue weighted by Crippen LogP contribution is 2.18. The van der Waals surface area contributed by atoms with Gasteiger partial charge in [-0.3, -0.25) is 4.79 Å². The van der Waals surface area contributed by atoms with Gasteiger partial charge in [0.25, 0.3) is 0 Å². The minimum absolute atomic E-state index is 0.0565. The van der Waals surface area contributed by atoms with E-state index in [0.29, 0.717) is 6.42 Å². The molecule has 1 saturated heterocycles. The molecular weight excluding hydrogens is 314 g/mol. The Bertz CT molecular complexity index is 782. The van der Waals surface area contributed by atoms with Gasteiger partial charge in [0, 0.05) is 25.5 Å². The fraction of sp³-hybridized carbons (Fsp3) is 0.375. The van der Waals surface area contributed by atoms with Gasteiger partial charge in [0.1, 0.15) is 0 Å². The first-order chi connectivity index (χ1) is 10.9. The molecule has 1 amide bonds. The van der Waals surface area contributed by atoms with Crippen LogP contribution in [0.1, 0.15) is 12.0 Å². The first-order valence-electron chi connectivity index (χ1n) is 7.50. The van der Waals surface area contributed by atoms with Gasteiger partial charge >= 0.3 is 0 Å². The summed E-state index contributed by atoms with van der Waals surface area (Å²) in [6, 6.07) is 9.27. The fourth-order valence-corrected chi connectivity index (χ4v) is 4.55. The van der Waals surface area contributed by atoms with Crippen molar-refractivity contribution in [2.45, 2.75) is 18.9 Å². The molecule has 6 nitrogen and oxygen atoms in total. The van der Waals surface area contributed by atoms with Crippen molar-refractivity contribution < 1.29 is 13.2 Å². The molecule has 1 aromatic carbocycles. The van der Waals surface area contributed by atoms with Crippen LogP contribution in [0.25, 0.3) is 5.69 Å². The Kier molecular flexibility index (Phi) is 4.21. The number of likely N-dealkylation sites (N-methyl/N-ethyl adjacent to an activating group) is 1. The molecule has 1 fully saturated rings. The molecule has 0 unspecified atom stereocenters. The second kappa shape index (κ2) is 6.16. The van der Waals surface area contributed by atoms with Crippen LogP contribution in [0.15, 0.2) is 42.7 Å². The Hall–Kier alpha value is -2.15. The highest BCUT2D eigenvalue weighted by molar-refractivity contribution is 7.91. The van der Waals surface area contributed by atoms with E-state index in [1.807, 2.05) is 36.5 Å². The van der Waals surface area contributed by atoms with Crippen LogP contribution in [-0.4, -0.2) is 53.6 Å². The largest absolute Gasteiger partial charge is 0.341 e. The summed E-state index contributed by atoms with van der Waals surface area (Å²) in [7, 11) is -1.29. The Morgan fingerprint density at radius 3 is 2.65 bits per heavy atom. The molecule has 0 N–H and O–H groups in total. The maximum atomic E-state index is 12.3. The quantitative estimate of drug-likeness (QED) is 0.839. The lowest BCUT2D eigenvalue weighted by Gasteiger charge is -2.23. The van der Waals surface area contributed by atoms with Crippen molar-refractivity contribution in [2.24, 2.45) is 0 Å². The number of rotatable bonds is 4. The Morgan fingerprint density at radius 2 is 2.09 bits per heavy atom. The standard InChI is InChI=1S/C16H19N3O3S/c1-18(15-7-10-23(21,22)12-15)16(20)11-13-3-5-14(6-4-13)19-9-2-8-17-19/h2-6,8-9,15H,7,10-12H2,1H3/t15-/m0/s1. The molecule has 0 spiro atoms. The predicted octanol–water partition coefficient (Wildman–Crippen LogP) is 1.06. The highest BCUT2D eigenvalue weighted by Gasteiger charge is 2.32. The summed E-state index contributed by atoms with van der Waals surface area (Å²) >= 11 is 0. The maximum Gasteiger partial charge on any atom is 0.227 e. The Morgan fingerprint density at radius 1 is 1.35 bits per heavy atom. The number of hydrogen-bond donors (Lipinski definition) is 0. The predicted molar refractivity (Wildman–Crippen MR) is 87.1 cm³/mol. The summed E-state index contributed by atoms with van der Waals surface area (Å²) in [6.45, 7) is 0. The van der Waals surface area contributed by atoms with E-state index in [0.717, 1.165) is 11.3 Å². The molecule has 1 aromatic heterocycles. The first-order valence-corrected chi connectivity index (χ1v) is 9.32. The average Bonchev–Trinajstić information content (AvgIpc) is 3.16. The number of carbonyl (C=O) groups is 1. The van der Waals surface area contributed by atoms with Crippen molar-refractivity contribution in [3.8, 4) is 5.69 Å². The second-order valence-corrected chi connectivity index (χ2v) is 8.08. The van der Waals surface area contributed by atoms with Crippen LogP contribution in [0.5, 0.6) is 0 Å². The van der Waals surface area contributed by atoms with Gasteiger partial charge in [0.2, 0.25) is 5.91 Å². The van der Waals surface area contributed by atoms with Gasteiger partial charge < -0.3 is 4.90 Å². The van der Waals surface area contributed by atoms with E-state index in [-0.39, 0.29) is 29.9 Å². The van der Waals surface area contributed by atoms with Gasteiger partial charge in [0.15, 0.2) is 9.84 Å². The molecule has 7 heteroatoms.